The molecule has 1 saturated heterocycles. The second-order valence-corrected chi connectivity index (χ2v) is 6.96. The standard InChI is InChI=1S/C18H28N2O/c1-4-14-5-7-15(8-6-14)16(19)13-20-12-11-18(2,3)10-9-17(20)21/h5-8,16H,4,9-13,19H2,1-3H3. The summed E-state index contributed by atoms with van der Waals surface area (Å²) in [5.41, 5.74) is 9.00. The van der Waals surface area contributed by atoms with Crippen LogP contribution in [0.2, 0.25) is 0 Å². The highest BCUT2D eigenvalue weighted by Gasteiger charge is 2.28. The number of hydrogen-bond acceptors (Lipinski definition) is 2. The summed E-state index contributed by atoms with van der Waals surface area (Å²) in [7, 11) is 0. The Bertz CT molecular complexity index is 478. The van der Waals surface area contributed by atoms with Gasteiger partial charge in [-0.15, -0.1) is 0 Å². The zero-order valence-corrected chi connectivity index (χ0v) is 13.6. The topological polar surface area (TPSA) is 46.3 Å². The third-order valence-electron chi connectivity index (χ3n) is 4.66. The summed E-state index contributed by atoms with van der Waals surface area (Å²) in [6, 6.07) is 8.34. The van der Waals surface area contributed by atoms with Crippen molar-refractivity contribution in [1.29, 1.82) is 0 Å². The molecule has 1 aliphatic rings. The van der Waals surface area contributed by atoms with Crippen molar-refractivity contribution < 1.29 is 4.79 Å². The fourth-order valence-electron chi connectivity index (χ4n) is 2.83. The fourth-order valence-corrected chi connectivity index (χ4v) is 2.83. The van der Waals surface area contributed by atoms with E-state index in [0.717, 1.165) is 31.4 Å². The van der Waals surface area contributed by atoms with E-state index < -0.39 is 0 Å². The van der Waals surface area contributed by atoms with Gasteiger partial charge in [0, 0.05) is 25.6 Å². The van der Waals surface area contributed by atoms with Crippen LogP contribution in [0.4, 0.5) is 0 Å². The molecule has 0 spiro atoms. The van der Waals surface area contributed by atoms with Crippen molar-refractivity contribution in [2.24, 2.45) is 11.1 Å². The molecule has 1 atom stereocenters. The van der Waals surface area contributed by atoms with Crippen LogP contribution in [0.25, 0.3) is 0 Å². The van der Waals surface area contributed by atoms with Crippen LogP contribution in [-0.2, 0) is 11.2 Å². The van der Waals surface area contributed by atoms with Gasteiger partial charge < -0.3 is 10.6 Å². The average Bonchev–Trinajstić information content (AvgIpc) is 2.60. The molecule has 1 amide bonds. The van der Waals surface area contributed by atoms with E-state index in [1.165, 1.54) is 5.56 Å². The largest absolute Gasteiger partial charge is 0.341 e. The smallest absolute Gasteiger partial charge is 0.222 e. The molecule has 0 bridgehead atoms. The molecule has 0 saturated carbocycles. The molecule has 0 radical (unpaired) electrons. The number of likely N-dealkylation sites (tertiary alicyclic amines) is 1. The summed E-state index contributed by atoms with van der Waals surface area (Å²) in [5.74, 6) is 0.251. The molecule has 0 aromatic heterocycles. The Morgan fingerprint density at radius 1 is 1.24 bits per heavy atom. The Labute approximate surface area is 128 Å². The van der Waals surface area contributed by atoms with Crippen LogP contribution in [-0.4, -0.2) is 23.9 Å². The Balaban J connectivity index is 2.00. The van der Waals surface area contributed by atoms with Crippen LogP contribution in [0.1, 0.15) is 57.2 Å². The summed E-state index contributed by atoms with van der Waals surface area (Å²) < 4.78 is 0. The zero-order chi connectivity index (χ0) is 15.5. The molecular formula is C18H28N2O. The number of rotatable bonds is 4. The highest BCUT2D eigenvalue weighted by Crippen LogP contribution is 2.30. The minimum Gasteiger partial charge on any atom is -0.341 e. The number of benzene rings is 1. The highest BCUT2D eigenvalue weighted by atomic mass is 16.2. The van der Waals surface area contributed by atoms with Gasteiger partial charge in [0.25, 0.3) is 0 Å². The van der Waals surface area contributed by atoms with Crippen LogP contribution in [0.5, 0.6) is 0 Å². The molecule has 0 aliphatic carbocycles. The lowest BCUT2D eigenvalue weighted by atomic mass is 9.85. The molecule has 116 valence electrons. The van der Waals surface area contributed by atoms with Gasteiger partial charge in [0.2, 0.25) is 5.91 Å². The van der Waals surface area contributed by atoms with Gasteiger partial charge in [-0.3, -0.25) is 4.79 Å². The quantitative estimate of drug-likeness (QED) is 0.924. The van der Waals surface area contributed by atoms with Crippen LogP contribution < -0.4 is 5.73 Å². The van der Waals surface area contributed by atoms with E-state index in [-0.39, 0.29) is 17.4 Å². The molecule has 1 fully saturated rings. The molecule has 1 heterocycles. The fraction of sp³-hybridized carbons (Fsp3) is 0.611. The predicted octanol–water partition coefficient (Wildman–Crippen LogP) is 3.29. The maximum Gasteiger partial charge on any atom is 0.222 e. The monoisotopic (exact) mass is 288 g/mol. The van der Waals surface area contributed by atoms with E-state index in [0.29, 0.717) is 13.0 Å². The Morgan fingerprint density at radius 2 is 1.90 bits per heavy atom. The van der Waals surface area contributed by atoms with Gasteiger partial charge in [0.05, 0.1) is 0 Å². The maximum absolute atomic E-state index is 12.2. The van der Waals surface area contributed by atoms with E-state index in [2.05, 4.69) is 45.0 Å². The number of carbonyl (C=O) groups excluding carboxylic acids is 1. The van der Waals surface area contributed by atoms with E-state index in [1.807, 2.05) is 4.90 Å². The summed E-state index contributed by atoms with van der Waals surface area (Å²) in [6.07, 6.45) is 3.71. The normalized spacial score (nSPS) is 20.2. The number of nitrogens with zero attached hydrogens (tertiary/aromatic N) is 1. The lowest BCUT2D eigenvalue weighted by Crippen LogP contribution is -2.37. The summed E-state index contributed by atoms with van der Waals surface area (Å²) >= 11 is 0. The lowest BCUT2D eigenvalue weighted by molar-refractivity contribution is -0.131. The van der Waals surface area contributed by atoms with Crippen molar-refractivity contribution in [1.82, 2.24) is 4.90 Å². The van der Waals surface area contributed by atoms with Gasteiger partial charge in [0.1, 0.15) is 0 Å². The van der Waals surface area contributed by atoms with Crippen molar-refractivity contribution >= 4 is 5.91 Å². The third kappa shape index (κ3) is 4.31. The van der Waals surface area contributed by atoms with Gasteiger partial charge in [0.15, 0.2) is 0 Å². The average molecular weight is 288 g/mol. The van der Waals surface area contributed by atoms with E-state index >= 15 is 0 Å². The van der Waals surface area contributed by atoms with Crippen LogP contribution >= 0.6 is 0 Å². The maximum atomic E-state index is 12.2. The van der Waals surface area contributed by atoms with Crippen molar-refractivity contribution in [2.75, 3.05) is 13.1 Å². The first-order valence-electron chi connectivity index (χ1n) is 8.03. The molecule has 2 N–H and O–H groups in total. The van der Waals surface area contributed by atoms with E-state index in [1.54, 1.807) is 0 Å². The van der Waals surface area contributed by atoms with Crippen LogP contribution in [0.3, 0.4) is 0 Å². The van der Waals surface area contributed by atoms with Gasteiger partial charge in [-0.25, -0.2) is 0 Å². The molecule has 3 nitrogen and oxygen atoms in total. The Hall–Kier alpha value is -1.35. The Morgan fingerprint density at radius 3 is 2.52 bits per heavy atom. The molecule has 1 unspecified atom stereocenters. The van der Waals surface area contributed by atoms with E-state index in [9.17, 15) is 4.79 Å². The summed E-state index contributed by atoms with van der Waals surface area (Å²) in [4.78, 5) is 14.2. The van der Waals surface area contributed by atoms with Crippen molar-refractivity contribution in [3.63, 3.8) is 0 Å². The second kappa shape index (κ2) is 6.61. The molecule has 3 heteroatoms. The number of amides is 1. The third-order valence-corrected chi connectivity index (χ3v) is 4.66. The molecule has 1 aliphatic heterocycles. The number of hydrogen-bond donors (Lipinski definition) is 1. The van der Waals surface area contributed by atoms with E-state index in [4.69, 9.17) is 5.73 Å². The first kappa shape index (κ1) is 16.0. The predicted molar refractivity (Wildman–Crippen MR) is 87.0 cm³/mol. The zero-order valence-electron chi connectivity index (χ0n) is 13.6. The van der Waals surface area contributed by atoms with Gasteiger partial charge >= 0.3 is 0 Å². The molecular weight excluding hydrogens is 260 g/mol. The Kier molecular flexibility index (Phi) is 5.04. The minimum atomic E-state index is -0.0962. The number of carbonyl (C=O) groups is 1. The lowest BCUT2D eigenvalue weighted by Gasteiger charge is -2.26. The van der Waals surface area contributed by atoms with Crippen molar-refractivity contribution in [3.8, 4) is 0 Å². The number of nitrogens with two attached hydrogens (primary N) is 1. The van der Waals surface area contributed by atoms with Gasteiger partial charge in [-0.2, -0.15) is 0 Å². The minimum absolute atomic E-state index is 0.0962. The SMILES string of the molecule is CCc1ccc(C(N)CN2CCC(C)(C)CCC2=O)cc1. The second-order valence-electron chi connectivity index (χ2n) is 6.96. The molecule has 1 aromatic carbocycles. The van der Waals surface area contributed by atoms with Gasteiger partial charge in [-0.05, 0) is 35.8 Å². The summed E-state index contributed by atoms with van der Waals surface area (Å²) in [5, 5.41) is 0. The summed E-state index contributed by atoms with van der Waals surface area (Å²) in [6.45, 7) is 8.08. The first-order chi connectivity index (χ1) is 9.91. The molecule has 21 heavy (non-hydrogen) atoms. The van der Waals surface area contributed by atoms with Crippen LogP contribution in [0.15, 0.2) is 24.3 Å². The van der Waals surface area contributed by atoms with Gasteiger partial charge in [-0.1, -0.05) is 45.0 Å². The first-order valence-corrected chi connectivity index (χ1v) is 8.03. The van der Waals surface area contributed by atoms with Crippen molar-refractivity contribution in [3.05, 3.63) is 35.4 Å². The van der Waals surface area contributed by atoms with Crippen molar-refractivity contribution in [2.45, 2.75) is 52.5 Å². The molecule has 1 aromatic rings. The molecule has 2 rings (SSSR count). The van der Waals surface area contributed by atoms with Crippen LogP contribution in [0, 0.1) is 5.41 Å². The number of aryl methyl sites for hydroxylation is 1. The highest BCUT2D eigenvalue weighted by molar-refractivity contribution is 5.76.